The Hall–Kier alpha value is -1.37. The van der Waals surface area contributed by atoms with Crippen LogP contribution in [0.3, 0.4) is 0 Å². The van der Waals surface area contributed by atoms with Crippen LogP contribution in [-0.4, -0.2) is 68.1 Å². The van der Waals surface area contributed by atoms with Gasteiger partial charge in [0, 0.05) is 56.9 Å². The van der Waals surface area contributed by atoms with Gasteiger partial charge in [0.2, 0.25) is 0 Å². The number of pyridine rings is 1. The molecule has 2 atom stereocenters. The van der Waals surface area contributed by atoms with Gasteiger partial charge in [-0.25, -0.2) is 9.48 Å². The van der Waals surface area contributed by atoms with Crippen molar-refractivity contribution in [2.75, 3.05) is 32.7 Å². The maximum absolute atomic E-state index is 12.3. The average Bonchev–Trinajstić information content (AvgIpc) is 2.99. The van der Waals surface area contributed by atoms with Crippen LogP contribution < -0.4 is 5.69 Å². The van der Waals surface area contributed by atoms with E-state index in [1.807, 2.05) is 18.2 Å². The molecule has 1 aliphatic heterocycles. The summed E-state index contributed by atoms with van der Waals surface area (Å²) in [6, 6.07) is 6.32. The van der Waals surface area contributed by atoms with Crippen molar-refractivity contribution in [2.24, 2.45) is 0 Å². The quantitative estimate of drug-likeness (QED) is 0.748. The summed E-state index contributed by atoms with van der Waals surface area (Å²) >= 11 is 6.36. The molecular weight excluding hydrogens is 350 g/mol. The van der Waals surface area contributed by atoms with Gasteiger partial charge in [0.1, 0.15) is 0 Å². The summed E-state index contributed by atoms with van der Waals surface area (Å²) in [5.74, 6) is 0. The lowest BCUT2D eigenvalue weighted by molar-refractivity contribution is 0.0784. The molecule has 0 radical (unpaired) electrons. The summed E-state index contributed by atoms with van der Waals surface area (Å²) in [4.78, 5) is 17.4. The summed E-state index contributed by atoms with van der Waals surface area (Å²) in [5.41, 5.74) is 0.675. The zero-order chi connectivity index (χ0) is 17.9. The van der Waals surface area contributed by atoms with E-state index >= 15 is 0 Å². The highest BCUT2D eigenvalue weighted by molar-refractivity contribution is 6.20. The van der Waals surface area contributed by atoms with Crippen LogP contribution in [0.5, 0.6) is 0 Å². The predicted molar refractivity (Wildman–Crippen MR) is 104 cm³/mol. The normalized spacial score (nSPS) is 25.7. The summed E-state index contributed by atoms with van der Waals surface area (Å²) < 4.78 is 3.20. The van der Waals surface area contributed by atoms with Crippen molar-refractivity contribution in [1.82, 2.24) is 24.0 Å². The van der Waals surface area contributed by atoms with Gasteiger partial charge in [0.25, 0.3) is 0 Å². The van der Waals surface area contributed by atoms with E-state index < -0.39 is 0 Å². The van der Waals surface area contributed by atoms with E-state index in [1.54, 1.807) is 15.3 Å². The SMILES string of the molecule is O=c1n(CCCN2CCN(C3CCCC(Cl)C3)CC2)nc2ccccn12. The van der Waals surface area contributed by atoms with Crippen molar-refractivity contribution >= 4 is 17.2 Å². The molecule has 2 aromatic heterocycles. The minimum atomic E-state index is -0.0432. The Kier molecular flexibility index (Phi) is 5.62. The van der Waals surface area contributed by atoms with Crippen molar-refractivity contribution in [2.45, 2.75) is 50.1 Å². The summed E-state index contributed by atoms with van der Waals surface area (Å²) in [6.45, 7) is 6.21. The molecule has 2 unspecified atom stereocenters. The Morgan fingerprint density at radius 2 is 1.96 bits per heavy atom. The molecule has 7 heteroatoms. The zero-order valence-corrected chi connectivity index (χ0v) is 16.0. The average molecular weight is 378 g/mol. The van der Waals surface area contributed by atoms with Crippen molar-refractivity contribution in [1.29, 1.82) is 0 Å². The van der Waals surface area contributed by atoms with Gasteiger partial charge in [-0.15, -0.1) is 16.7 Å². The predicted octanol–water partition coefficient (Wildman–Crippen LogP) is 2.05. The van der Waals surface area contributed by atoms with Gasteiger partial charge in [0.15, 0.2) is 5.65 Å². The smallest absolute Gasteiger partial charge is 0.301 e. The second-order valence-electron chi connectivity index (χ2n) is 7.58. The highest BCUT2D eigenvalue weighted by Gasteiger charge is 2.28. The maximum atomic E-state index is 12.3. The monoisotopic (exact) mass is 377 g/mol. The van der Waals surface area contributed by atoms with E-state index in [0.29, 0.717) is 18.0 Å². The van der Waals surface area contributed by atoms with Crippen LogP contribution in [0.25, 0.3) is 5.65 Å². The molecule has 1 saturated carbocycles. The van der Waals surface area contributed by atoms with Gasteiger partial charge >= 0.3 is 5.69 Å². The molecular formula is C19H28ClN5O. The van der Waals surface area contributed by atoms with E-state index in [9.17, 15) is 4.79 Å². The molecule has 0 N–H and O–H groups in total. The van der Waals surface area contributed by atoms with Crippen LogP contribution in [0.2, 0.25) is 0 Å². The van der Waals surface area contributed by atoms with Crippen LogP contribution in [0.4, 0.5) is 0 Å². The fourth-order valence-corrected chi connectivity index (χ4v) is 4.71. The second-order valence-corrected chi connectivity index (χ2v) is 8.20. The number of halogens is 1. The van der Waals surface area contributed by atoms with Gasteiger partial charge in [-0.1, -0.05) is 12.5 Å². The second kappa shape index (κ2) is 8.11. The van der Waals surface area contributed by atoms with Crippen LogP contribution in [0, 0.1) is 0 Å². The minimum absolute atomic E-state index is 0.0432. The Labute approximate surface area is 159 Å². The first-order valence-corrected chi connectivity index (χ1v) is 10.3. The van der Waals surface area contributed by atoms with Crippen LogP contribution in [0.1, 0.15) is 32.1 Å². The molecule has 0 spiro atoms. The first-order chi connectivity index (χ1) is 12.7. The van der Waals surface area contributed by atoms with E-state index in [4.69, 9.17) is 11.6 Å². The molecule has 2 aromatic rings. The number of hydrogen-bond acceptors (Lipinski definition) is 4. The first kappa shape index (κ1) is 18.0. The molecule has 142 valence electrons. The largest absolute Gasteiger partial charge is 0.350 e. The fourth-order valence-electron chi connectivity index (χ4n) is 4.35. The van der Waals surface area contributed by atoms with Crippen LogP contribution >= 0.6 is 11.6 Å². The molecule has 1 saturated heterocycles. The minimum Gasteiger partial charge on any atom is -0.301 e. The van der Waals surface area contributed by atoms with Gasteiger partial charge in [-0.05, 0) is 37.8 Å². The molecule has 0 bridgehead atoms. The fraction of sp³-hybridized carbons (Fsp3) is 0.684. The molecule has 6 nitrogen and oxygen atoms in total. The van der Waals surface area contributed by atoms with Crippen molar-refractivity contribution in [3.05, 3.63) is 34.9 Å². The lowest BCUT2D eigenvalue weighted by Crippen LogP contribution is -2.51. The number of alkyl halides is 1. The van der Waals surface area contributed by atoms with Crippen molar-refractivity contribution < 1.29 is 0 Å². The van der Waals surface area contributed by atoms with E-state index in [1.165, 1.54) is 19.3 Å². The van der Waals surface area contributed by atoms with Gasteiger partial charge in [-0.3, -0.25) is 9.30 Å². The third-order valence-corrected chi connectivity index (χ3v) is 6.23. The number of aryl methyl sites for hydroxylation is 1. The standard InChI is InChI=1S/C19H28ClN5O/c20-16-5-3-6-17(15-16)23-13-11-22(12-14-23)8-4-10-25-19(26)24-9-2-1-7-18(24)21-25/h1-2,7,9,16-17H,3-6,8,10-15H2. The van der Waals surface area contributed by atoms with E-state index in [-0.39, 0.29) is 5.69 Å². The zero-order valence-electron chi connectivity index (χ0n) is 15.3. The molecule has 26 heavy (non-hydrogen) atoms. The molecule has 0 aromatic carbocycles. The number of aromatic nitrogens is 3. The first-order valence-electron chi connectivity index (χ1n) is 9.85. The Morgan fingerprint density at radius 3 is 2.73 bits per heavy atom. The topological polar surface area (TPSA) is 45.8 Å². The lowest BCUT2D eigenvalue weighted by Gasteiger charge is -2.41. The molecule has 2 fully saturated rings. The maximum Gasteiger partial charge on any atom is 0.350 e. The molecule has 2 aliphatic rings. The van der Waals surface area contributed by atoms with Crippen LogP contribution in [0.15, 0.2) is 29.2 Å². The highest BCUT2D eigenvalue weighted by Crippen LogP contribution is 2.27. The molecule has 1 aliphatic carbocycles. The van der Waals surface area contributed by atoms with Crippen LogP contribution in [-0.2, 0) is 6.54 Å². The van der Waals surface area contributed by atoms with Gasteiger partial charge in [-0.2, -0.15) is 0 Å². The number of nitrogens with zero attached hydrogens (tertiary/aromatic N) is 5. The summed E-state index contributed by atoms with van der Waals surface area (Å²) in [6.07, 6.45) is 7.64. The van der Waals surface area contributed by atoms with E-state index in [0.717, 1.165) is 51.2 Å². The number of fused-ring (bicyclic) bond motifs is 1. The third-order valence-electron chi connectivity index (χ3n) is 5.84. The summed E-state index contributed by atoms with van der Waals surface area (Å²) in [7, 11) is 0. The Balaban J connectivity index is 1.23. The molecule has 3 heterocycles. The Morgan fingerprint density at radius 1 is 1.12 bits per heavy atom. The third kappa shape index (κ3) is 3.97. The molecule has 0 amide bonds. The number of piperazine rings is 1. The number of hydrogen-bond donors (Lipinski definition) is 0. The van der Waals surface area contributed by atoms with Gasteiger partial charge < -0.3 is 4.90 Å². The summed E-state index contributed by atoms with van der Waals surface area (Å²) in [5, 5.41) is 4.77. The van der Waals surface area contributed by atoms with Crippen molar-refractivity contribution in [3.8, 4) is 0 Å². The lowest BCUT2D eigenvalue weighted by atomic mass is 9.93. The van der Waals surface area contributed by atoms with E-state index in [2.05, 4.69) is 14.9 Å². The van der Waals surface area contributed by atoms with Gasteiger partial charge in [0.05, 0.1) is 0 Å². The Bertz CT molecular complexity index is 780. The number of rotatable bonds is 5. The van der Waals surface area contributed by atoms with Crippen molar-refractivity contribution in [3.63, 3.8) is 0 Å². The highest BCUT2D eigenvalue weighted by atomic mass is 35.5. The molecule has 4 rings (SSSR count).